The first-order valence-electron chi connectivity index (χ1n) is 15.5. The van der Waals surface area contributed by atoms with Crippen LogP contribution >= 0.6 is 11.3 Å². The van der Waals surface area contributed by atoms with E-state index in [9.17, 15) is 0 Å². The lowest BCUT2D eigenvalue weighted by atomic mass is 9.82. The van der Waals surface area contributed by atoms with Crippen molar-refractivity contribution in [1.82, 2.24) is 4.98 Å². The van der Waals surface area contributed by atoms with Gasteiger partial charge in [-0.1, -0.05) is 111 Å². The van der Waals surface area contributed by atoms with Crippen molar-refractivity contribution < 1.29 is 0 Å². The molecular weight excluding hydrogens is 565 g/mol. The maximum absolute atomic E-state index is 5.24. The predicted octanol–water partition coefficient (Wildman–Crippen LogP) is 12.0. The molecule has 0 unspecified atom stereocenters. The van der Waals surface area contributed by atoms with Crippen molar-refractivity contribution in [3.05, 3.63) is 157 Å². The Hall–Kier alpha value is -5.25. The Balaban J connectivity index is 1.30. The molecule has 0 aliphatic heterocycles. The molecule has 2 heterocycles. The van der Waals surface area contributed by atoms with Gasteiger partial charge < -0.3 is 4.90 Å². The molecule has 6 aromatic carbocycles. The van der Waals surface area contributed by atoms with E-state index >= 15 is 0 Å². The number of anilines is 3. The first-order chi connectivity index (χ1) is 22.1. The lowest BCUT2D eigenvalue weighted by Gasteiger charge is -2.28. The van der Waals surface area contributed by atoms with Gasteiger partial charge in [-0.2, -0.15) is 0 Å². The van der Waals surface area contributed by atoms with Gasteiger partial charge in [-0.15, -0.1) is 11.3 Å². The van der Waals surface area contributed by atoms with Gasteiger partial charge in [0.2, 0.25) is 0 Å². The Labute approximate surface area is 266 Å². The van der Waals surface area contributed by atoms with Gasteiger partial charge >= 0.3 is 0 Å². The molecule has 0 saturated heterocycles. The highest BCUT2D eigenvalue weighted by Crippen LogP contribution is 2.51. The summed E-state index contributed by atoms with van der Waals surface area (Å²) < 4.78 is 2.45. The summed E-state index contributed by atoms with van der Waals surface area (Å²) in [5, 5.41) is 2.36. The number of nitrogens with zero attached hydrogens (tertiary/aromatic N) is 2. The number of thiophene rings is 1. The number of fused-ring (bicyclic) bond motifs is 7. The van der Waals surface area contributed by atoms with Crippen molar-refractivity contribution in [3.63, 3.8) is 0 Å². The van der Waals surface area contributed by atoms with E-state index in [1.807, 2.05) is 11.3 Å². The largest absolute Gasteiger partial charge is 0.310 e. The fourth-order valence-corrected chi connectivity index (χ4v) is 8.33. The van der Waals surface area contributed by atoms with E-state index in [0.717, 1.165) is 28.1 Å². The van der Waals surface area contributed by atoms with Crippen LogP contribution in [0.15, 0.2) is 146 Å². The molecule has 0 saturated carbocycles. The zero-order valence-electron chi connectivity index (χ0n) is 25.2. The van der Waals surface area contributed by atoms with Crippen molar-refractivity contribution >= 4 is 59.6 Å². The Morgan fingerprint density at radius 1 is 0.556 bits per heavy atom. The van der Waals surface area contributed by atoms with Crippen LogP contribution in [-0.4, -0.2) is 4.98 Å². The Morgan fingerprint density at radius 3 is 2.13 bits per heavy atom. The highest BCUT2D eigenvalue weighted by molar-refractivity contribution is 7.25. The molecule has 9 rings (SSSR count). The topological polar surface area (TPSA) is 16.1 Å². The first-order valence-corrected chi connectivity index (χ1v) is 16.3. The molecule has 214 valence electrons. The van der Waals surface area contributed by atoms with Crippen LogP contribution in [0.5, 0.6) is 0 Å². The summed E-state index contributed by atoms with van der Waals surface area (Å²) in [6.45, 7) is 4.68. The molecule has 8 aromatic rings. The second-order valence-corrected chi connectivity index (χ2v) is 13.5. The van der Waals surface area contributed by atoms with Crippen molar-refractivity contribution in [1.29, 1.82) is 0 Å². The smallest absolute Gasteiger partial charge is 0.0917 e. The zero-order valence-corrected chi connectivity index (χ0v) is 26.0. The highest BCUT2D eigenvalue weighted by atomic mass is 32.1. The van der Waals surface area contributed by atoms with Gasteiger partial charge in [0.05, 0.1) is 21.4 Å². The molecule has 0 spiro atoms. The van der Waals surface area contributed by atoms with Gasteiger partial charge in [0, 0.05) is 32.3 Å². The summed E-state index contributed by atoms with van der Waals surface area (Å²) in [5.41, 5.74) is 13.3. The quantitative estimate of drug-likeness (QED) is 0.201. The number of hydrogen-bond donors (Lipinski definition) is 0. The maximum Gasteiger partial charge on any atom is 0.0917 e. The monoisotopic (exact) mass is 594 g/mol. The summed E-state index contributed by atoms with van der Waals surface area (Å²) in [6, 6.07) is 52.9. The Morgan fingerprint density at radius 2 is 1.27 bits per heavy atom. The summed E-state index contributed by atoms with van der Waals surface area (Å²) >= 11 is 1.82. The summed E-state index contributed by atoms with van der Waals surface area (Å²) in [6.07, 6.45) is 0. The molecule has 3 heteroatoms. The third-order valence-corrected chi connectivity index (χ3v) is 10.5. The van der Waals surface area contributed by atoms with E-state index in [0.29, 0.717) is 0 Å². The normalized spacial score (nSPS) is 13.3. The van der Waals surface area contributed by atoms with Gasteiger partial charge in [-0.25, -0.2) is 4.98 Å². The van der Waals surface area contributed by atoms with Gasteiger partial charge in [0.1, 0.15) is 0 Å². The van der Waals surface area contributed by atoms with Crippen LogP contribution in [-0.2, 0) is 5.41 Å². The van der Waals surface area contributed by atoms with E-state index in [2.05, 4.69) is 164 Å². The second kappa shape index (κ2) is 9.88. The minimum absolute atomic E-state index is 0.0405. The fraction of sp³-hybridized carbons (Fsp3) is 0.0714. The van der Waals surface area contributed by atoms with Crippen LogP contribution in [0.2, 0.25) is 0 Å². The van der Waals surface area contributed by atoms with Crippen LogP contribution in [0.3, 0.4) is 0 Å². The van der Waals surface area contributed by atoms with Crippen molar-refractivity contribution in [2.75, 3.05) is 4.90 Å². The van der Waals surface area contributed by atoms with Crippen LogP contribution < -0.4 is 4.90 Å². The molecule has 2 aromatic heterocycles. The molecule has 0 atom stereocenters. The number of aromatic nitrogens is 1. The number of rotatable bonds is 4. The molecule has 0 amide bonds. The minimum Gasteiger partial charge on any atom is -0.310 e. The number of para-hydroxylation sites is 1. The van der Waals surface area contributed by atoms with Gasteiger partial charge in [0.15, 0.2) is 0 Å². The van der Waals surface area contributed by atoms with E-state index in [4.69, 9.17) is 4.98 Å². The number of pyridine rings is 1. The molecule has 1 aliphatic carbocycles. The van der Waals surface area contributed by atoms with Crippen molar-refractivity contribution in [2.24, 2.45) is 0 Å². The third-order valence-electron chi connectivity index (χ3n) is 9.45. The first kappa shape index (κ1) is 26.2. The predicted molar refractivity (Wildman–Crippen MR) is 192 cm³/mol. The van der Waals surface area contributed by atoms with Gasteiger partial charge in [-0.3, -0.25) is 0 Å². The summed E-state index contributed by atoms with van der Waals surface area (Å²) in [5.74, 6) is 0. The average molecular weight is 595 g/mol. The number of benzene rings is 6. The van der Waals surface area contributed by atoms with Crippen molar-refractivity contribution in [2.45, 2.75) is 19.3 Å². The summed E-state index contributed by atoms with van der Waals surface area (Å²) in [4.78, 5) is 7.67. The van der Waals surface area contributed by atoms with Crippen LogP contribution in [0.25, 0.3) is 53.5 Å². The molecule has 2 nitrogen and oxygen atoms in total. The molecule has 0 N–H and O–H groups in total. The Bertz CT molecular complexity index is 2400. The Kier molecular flexibility index (Phi) is 5.75. The molecule has 0 bridgehead atoms. The van der Waals surface area contributed by atoms with Gasteiger partial charge in [0.25, 0.3) is 0 Å². The molecule has 0 radical (unpaired) electrons. The SMILES string of the molecule is CC1(C)c2ccccc2-c2cc(N(c3ccc(-c4ccccc4)cc3)c3cccc4sc5cc6ccccc6nc5c34)ccc21. The molecule has 45 heavy (non-hydrogen) atoms. The van der Waals surface area contributed by atoms with E-state index < -0.39 is 0 Å². The van der Waals surface area contributed by atoms with Crippen LogP contribution in [0.1, 0.15) is 25.0 Å². The highest BCUT2D eigenvalue weighted by Gasteiger charge is 2.35. The molecule has 0 fully saturated rings. The standard InChI is InChI=1S/C42H30N2S/c1-42(2)34-15-8-7-14-32(34)33-26-31(23-24-35(33)42)44(30-21-19-28(20-22-30)27-11-4-3-5-12-27)37-17-10-18-38-40(37)41-39(45-38)25-29-13-6-9-16-36(29)43-41/h3-26H,1-2H3. The van der Waals surface area contributed by atoms with Crippen LogP contribution in [0, 0.1) is 0 Å². The lowest BCUT2D eigenvalue weighted by molar-refractivity contribution is 0.660. The van der Waals surface area contributed by atoms with Gasteiger partial charge in [-0.05, 0) is 81.9 Å². The van der Waals surface area contributed by atoms with E-state index in [1.54, 1.807) is 0 Å². The maximum atomic E-state index is 5.24. The van der Waals surface area contributed by atoms with E-state index in [-0.39, 0.29) is 5.41 Å². The lowest BCUT2D eigenvalue weighted by Crippen LogP contribution is -2.15. The third kappa shape index (κ3) is 4.04. The molecule has 1 aliphatic rings. The number of hydrogen-bond acceptors (Lipinski definition) is 3. The fourth-order valence-electron chi connectivity index (χ4n) is 7.21. The minimum atomic E-state index is -0.0405. The van der Waals surface area contributed by atoms with E-state index in [1.165, 1.54) is 53.6 Å². The van der Waals surface area contributed by atoms with Crippen molar-refractivity contribution in [3.8, 4) is 22.3 Å². The van der Waals surface area contributed by atoms with Crippen LogP contribution in [0.4, 0.5) is 17.1 Å². The summed E-state index contributed by atoms with van der Waals surface area (Å²) in [7, 11) is 0. The second-order valence-electron chi connectivity index (χ2n) is 12.4. The molecular formula is C42H30N2S. The average Bonchev–Trinajstić information content (AvgIpc) is 3.56. The zero-order chi connectivity index (χ0) is 30.1.